The van der Waals surface area contributed by atoms with Crippen LogP contribution in [0.5, 0.6) is 0 Å². The maximum Gasteiger partial charge on any atom is 0.258 e. The van der Waals surface area contributed by atoms with Crippen LogP contribution in [0.3, 0.4) is 0 Å². The molecular weight excluding hydrogens is 304 g/mol. The number of hydrogen-bond acceptors (Lipinski definition) is 5. The van der Waals surface area contributed by atoms with Crippen LogP contribution in [0.1, 0.15) is 34.5 Å². The highest BCUT2D eigenvalue weighted by atomic mass is 32.2. The minimum absolute atomic E-state index is 0.182. The molecule has 1 aromatic carbocycles. The Morgan fingerprint density at radius 1 is 1.18 bits per heavy atom. The summed E-state index contributed by atoms with van der Waals surface area (Å²) in [6.45, 7) is 0. The topological polar surface area (TPSA) is 89.3 Å². The van der Waals surface area contributed by atoms with E-state index in [1.165, 1.54) is 24.3 Å². The number of carbonyl (C=O) groups is 1. The van der Waals surface area contributed by atoms with Crippen molar-refractivity contribution in [2.45, 2.75) is 30.6 Å². The van der Waals surface area contributed by atoms with E-state index in [4.69, 9.17) is 4.52 Å². The summed E-state index contributed by atoms with van der Waals surface area (Å²) in [4.78, 5) is 12.4. The highest BCUT2D eigenvalue weighted by Crippen LogP contribution is 2.27. The summed E-state index contributed by atoms with van der Waals surface area (Å²) in [5, 5.41) is 6.69. The van der Waals surface area contributed by atoms with Gasteiger partial charge in [-0.25, -0.2) is 8.42 Å². The maximum absolute atomic E-state index is 12.2. The molecule has 0 unspecified atom stereocenters. The summed E-state index contributed by atoms with van der Waals surface area (Å²) in [5.41, 5.74) is 2.25. The van der Waals surface area contributed by atoms with Crippen molar-refractivity contribution in [3.63, 3.8) is 0 Å². The van der Waals surface area contributed by atoms with Gasteiger partial charge in [0.2, 0.25) is 5.88 Å². The molecule has 0 atom stereocenters. The Bertz CT molecular complexity index is 807. The van der Waals surface area contributed by atoms with Crippen LogP contribution in [-0.2, 0) is 22.7 Å². The summed E-state index contributed by atoms with van der Waals surface area (Å²) < 4.78 is 28.0. The Labute approximate surface area is 128 Å². The lowest BCUT2D eigenvalue weighted by molar-refractivity contribution is 0.102. The normalized spacial score (nSPS) is 14.4. The second-order valence-corrected chi connectivity index (χ2v) is 7.41. The number of nitrogens with zero attached hydrogens (tertiary/aromatic N) is 1. The zero-order valence-electron chi connectivity index (χ0n) is 12.1. The van der Waals surface area contributed by atoms with E-state index < -0.39 is 9.84 Å². The van der Waals surface area contributed by atoms with E-state index in [1.807, 2.05) is 0 Å². The smallest absolute Gasteiger partial charge is 0.258 e. The number of aromatic nitrogens is 1. The van der Waals surface area contributed by atoms with E-state index in [-0.39, 0.29) is 10.8 Å². The molecule has 0 aliphatic heterocycles. The highest BCUT2D eigenvalue weighted by Gasteiger charge is 2.21. The lowest BCUT2D eigenvalue weighted by atomic mass is 9.97. The molecule has 3 rings (SSSR count). The van der Waals surface area contributed by atoms with Crippen molar-refractivity contribution < 1.29 is 17.7 Å². The van der Waals surface area contributed by atoms with Gasteiger partial charge in [-0.15, -0.1) is 0 Å². The maximum atomic E-state index is 12.2. The van der Waals surface area contributed by atoms with Crippen LogP contribution in [0.2, 0.25) is 0 Å². The zero-order valence-corrected chi connectivity index (χ0v) is 12.9. The molecule has 6 nitrogen and oxygen atoms in total. The molecule has 1 heterocycles. The first kappa shape index (κ1) is 14.8. The predicted octanol–water partition coefficient (Wildman–Crippen LogP) is 2.21. The first-order chi connectivity index (χ1) is 10.4. The Kier molecular flexibility index (Phi) is 3.74. The quantitative estimate of drug-likeness (QED) is 0.936. The number of aryl methyl sites for hydroxylation is 1. The molecule has 0 saturated carbocycles. The standard InChI is InChI=1S/C15H16N2O4S/c1-22(19,20)11-8-6-10(7-9-11)14(18)16-15-12-4-2-3-5-13(12)17-21-15/h6-9H,2-5H2,1H3,(H,16,18). The Balaban J connectivity index is 1.79. The van der Waals surface area contributed by atoms with Gasteiger partial charge in [-0.3, -0.25) is 10.1 Å². The van der Waals surface area contributed by atoms with Crippen LogP contribution < -0.4 is 5.32 Å². The van der Waals surface area contributed by atoms with Gasteiger partial charge in [0.1, 0.15) is 0 Å². The average molecular weight is 320 g/mol. The molecule has 0 spiro atoms. The van der Waals surface area contributed by atoms with Crippen molar-refractivity contribution in [1.82, 2.24) is 5.16 Å². The number of anilines is 1. The SMILES string of the molecule is CS(=O)(=O)c1ccc(C(=O)Nc2onc3c2CCCC3)cc1. The van der Waals surface area contributed by atoms with E-state index >= 15 is 0 Å². The summed E-state index contributed by atoms with van der Waals surface area (Å²) in [5.74, 6) is 0.0523. The second kappa shape index (κ2) is 5.57. The molecule has 1 aromatic heterocycles. The van der Waals surface area contributed by atoms with Crippen molar-refractivity contribution in [2.75, 3.05) is 11.6 Å². The summed E-state index contributed by atoms with van der Waals surface area (Å²) in [6.07, 6.45) is 4.99. The Morgan fingerprint density at radius 2 is 1.86 bits per heavy atom. The van der Waals surface area contributed by atoms with Crippen LogP contribution in [0, 0.1) is 0 Å². The number of carbonyl (C=O) groups excluding carboxylic acids is 1. The van der Waals surface area contributed by atoms with Crippen molar-refractivity contribution in [3.05, 3.63) is 41.1 Å². The van der Waals surface area contributed by atoms with Gasteiger partial charge < -0.3 is 4.52 Å². The number of fused-ring (bicyclic) bond motifs is 1. The minimum Gasteiger partial charge on any atom is -0.338 e. The van der Waals surface area contributed by atoms with Crippen LogP contribution in [0.15, 0.2) is 33.7 Å². The van der Waals surface area contributed by atoms with E-state index in [1.54, 1.807) is 0 Å². The third-order valence-corrected chi connectivity index (χ3v) is 4.86. The molecule has 0 saturated heterocycles. The molecule has 116 valence electrons. The van der Waals surface area contributed by atoms with Crippen LogP contribution in [0.4, 0.5) is 5.88 Å². The minimum atomic E-state index is -3.27. The number of sulfone groups is 1. The van der Waals surface area contributed by atoms with E-state index in [0.717, 1.165) is 43.2 Å². The molecule has 0 bridgehead atoms. The predicted molar refractivity (Wildman–Crippen MR) is 80.7 cm³/mol. The second-order valence-electron chi connectivity index (χ2n) is 5.39. The van der Waals surface area contributed by atoms with Gasteiger partial charge in [0.25, 0.3) is 5.91 Å². The van der Waals surface area contributed by atoms with Crippen LogP contribution >= 0.6 is 0 Å². The van der Waals surface area contributed by atoms with Gasteiger partial charge in [0, 0.05) is 17.4 Å². The van der Waals surface area contributed by atoms with Gasteiger partial charge in [0.15, 0.2) is 9.84 Å². The Morgan fingerprint density at radius 3 is 2.55 bits per heavy atom. The van der Waals surface area contributed by atoms with Gasteiger partial charge in [0.05, 0.1) is 10.6 Å². The summed E-state index contributed by atoms with van der Waals surface area (Å²) >= 11 is 0. The molecule has 1 aliphatic carbocycles. The van der Waals surface area contributed by atoms with Gasteiger partial charge in [-0.05, 0) is 49.9 Å². The summed E-state index contributed by atoms with van der Waals surface area (Å²) in [6, 6.07) is 5.79. The van der Waals surface area contributed by atoms with E-state index in [2.05, 4.69) is 10.5 Å². The third kappa shape index (κ3) is 2.89. The molecular formula is C15H16N2O4S. The van der Waals surface area contributed by atoms with Crippen molar-refractivity contribution in [1.29, 1.82) is 0 Å². The molecule has 1 N–H and O–H groups in total. The molecule has 0 radical (unpaired) electrons. The Hall–Kier alpha value is -2.15. The van der Waals surface area contributed by atoms with E-state index in [0.29, 0.717) is 11.4 Å². The summed E-state index contributed by atoms with van der Waals surface area (Å²) in [7, 11) is -3.27. The number of amides is 1. The lowest BCUT2D eigenvalue weighted by Gasteiger charge is -2.09. The lowest BCUT2D eigenvalue weighted by Crippen LogP contribution is -2.13. The van der Waals surface area contributed by atoms with Crippen LogP contribution in [-0.4, -0.2) is 25.7 Å². The van der Waals surface area contributed by atoms with E-state index in [9.17, 15) is 13.2 Å². The van der Waals surface area contributed by atoms with Crippen molar-refractivity contribution in [2.24, 2.45) is 0 Å². The third-order valence-electron chi connectivity index (χ3n) is 3.73. The van der Waals surface area contributed by atoms with Gasteiger partial charge in [-0.2, -0.15) is 0 Å². The molecule has 22 heavy (non-hydrogen) atoms. The zero-order chi connectivity index (χ0) is 15.7. The number of hydrogen-bond donors (Lipinski definition) is 1. The van der Waals surface area contributed by atoms with Crippen molar-refractivity contribution in [3.8, 4) is 0 Å². The molecule has 0 fully saturated rings. The first-order valence-corrected chi connectivity index (χ1v) is 8.93. The monoisotopic (exact) mass is 320 g/mol. The number of benzene rings is 1. The highest BCUT2D eigenvalue weighted by molar-refractivity contribution is 7.90. The van der Waals surface area contributed by atoms with Crippen molar-refractivity contribution >= 4 is 21.6 Å². The largest absolute Gasteiger partial charge is 0.338 e. The average Bonchev–Trinajstić information content (AvgIpc) is 2.90. The first-order valence-electron chi connectivity index (χ1n) is 7.04. The fraction of sp³-hybridized carbons (Fsp3) is 0.333. The van der Waals surface area contributed by atoms with Gasteiger partial charge in [-0.1, -0.05) is 5.16 Å². The molecule has 1 amide bonds. The van der Waals surface area contributed by atoms with Crippen LogP contribution in [0.25, 0.3) is 0 Å². The molecule has 1 aliphatic rings. The number of rotatable bonds is 3. The molecule has 2 aromatic rings. The number of nitrogens with one attached hydrogen (secondary N) is 1. The fourth-order valence-electron chi connectivity index (χ4n) is 2.52. The van der Waals surface area contributed by atoms with Gasteiger partial charge >= 0.3 is 0 Å². The fourth-order valence-corrected chi connectivity index (χ4v) is 3.15. The molecule has 7 heteroatoms.